The van der Waals surface area contributed by atoms with E-state index >= 15 is 0 Å². The Bertz CT molecular complexity index is 436. The summed E-state index contributed by atoms with van der Waals surface area (Å²) < 4.78 is 0. The first-order chi connectivity index (χ1) is 9.66. The predicted molar refractivity (Wildman–Crippen MR) is 82.8 cm³/mol. The molecule has 3 N–H and O–H groups in total. The average molecular weight is 295 g/mol. The molecule has 4 nitrogen and oxygen atoms in total. The fraction of sp³-hybridized carbons (Fsp3) is 0.733. The fourth-order valence-corrected chi connectivity index (χ4v) is 3.59. The highest BCUT2D eigenvalue weighted by Gasteiger charge is 2.36. The van der Waals surface area contributed by atoms with E-state index in [1.54, 1.807) is 11.3 Å². The topological polar surface area (TPSA) is 68.0 Å². The Labute approximate surface area is 125 Å². The molecule has 1 aliphatic rings. The first-order valence-corrected chi connectivity index (χ1v) is 8.44. The van der Waals surface area contributed by atoms with E-state index in [0.717, 1.165) is 42.8 Å². The lowest BCUT2D eigenvalue weighted by atomic mass is 9.79. The number of nitrogens with zero attached hydrogens (tertiary/aromatic N) is 1. The second kappa shape index (κ2) is 7.18. The second-order valence-corrected chi connectivity index (χ2v) is 6.82. The monoisotopic (exact) mass is 295 g/mol. The summed E-state index contributed by atoms with van der Waals surface area (Å²) in [4.78, 5) is 16.9. The molecule has 1 heterocycles. The third-order valence-electron chi connectivity index (χ3n) is 4.27. The van der Waals surface area contributed by atoms with E-state index in [1.165, 1.54) is 12.8 Å². The number of nitrogens with two attached hydrogens (primary N) is 1. The number of nitrogens with one attached hydrogen (secondary N) is 1. The molecule has 20 heavy (non-hydrogen) atoms. The van der Waals surface area contributed by atoms with Crippen LogP contribution >= 0.6 is 11.3 Å². The second-order valence-electron chi connectivity index (χ2n) is 5.76. The van der Waals surface area contributed by atoms with Crippen molar-refractivity contribution < 1.29 is 4.79 Å². The van der Waals surface area contributed by atoms with Crippen LogP contribution in [0.15, 0.2) is 5.38 Å². The molecule has 112 valence electrons. The van der Waals surface area contributed by atoms with E-state index < -0.39 is 0 Å². The summed E-state index contributed by atoms with van der Waals surface area (Å²) in [6.07, 6.45) is 7.37. The van der Waals surface area contributed by atoms with Crippen molar-refractivity contribution >= 4 is 17.2 Å². The van der Waals surface area contributed by atoms with Gasteiger partial charge in [-0.05, 0) is 19.8 Å². The van der Waals surface area contributed by atoms with E-state index in [4.69, 9.17) is 5.73 Å². The maximum Gasteiger partial charge on any atom is 0.227 e. The Hall–Kier alpha value is -0.940. The van der Waals surface area contributed by atoms with Crippen LogP contribution in [0.3, 0.4) is 0 Å². The highest BCUT2D eigenvalue weighted by atomic mass is 32.1. The summed E-state index contributed by atoms with van der Waals surface area (Å²) in [5.41, 5.74) is 6.66. The smallest absolute Gasteiger partial charge is 0.227 e. The molecule has 0 unspecified atom stereocenters. The minimum absolute atomic E-state index is 0.147. The van der Waals surface area contributed by atoms with Crippen LogP contribution in [0, 0.1) is 12.3 Å². The molecule has 0 bridgehead atoms. The Morgan fingerprint density at radius 2 is 2.10 bits per heavy atom. The average Bonchev–Trinajstić information content (AvgIpc) is 2.73. The summed E-state index contributed by atoms with van der Waals surface area (Å²) in [6, 6.07) is 0. The van der Waals surface area contributed by atoms with Crippen LogP contribution in [0.1, 0.15) is 49.2 Å². The molecule has 1 aliphatic carbocycles. The van der Waals surface area contributed by atoms with Gasteiger partial charge in [0.25, 0.3) is 0 Å². The summed E-state index contributed by atoms with van der Waals surface area (Å²) in [5, 5.41) is 6.21. The van der Waals surface area contributed by atoms with Crippen LogP contribution in [0.25, 0.3) is 0 Å². The fourth-order valence-electron chi connectivity index (χ4n) is 2.94. The van der Waals surface area contributed by atoms with Crippen LogP contribution in [-0.2, 0) is 11.2 Å². The zero-order valence-electron chi connectivity index (χ0n) is 12.3. The number of amides is 1. The molecular formula is C15H25N3OS. The summed E-state index contributed by atoms with van der Waals surface area (Å²) >= 11 is 1.65. The Morgan fingerprint density at radius 3 is 2.65 bits per heavy atom. The van der Waals surface area contributed by atoms with E-state index in [9.17, 15) is 4.79 Å². The van der Waals surface area contributed by atoms with Gasteiger partial charge in [-0.25, -0.2) is 4.98 Å². The van der Waals surface area contributed by atoms with Gasteiger partial charge >= 0.3 is 0 Å². The van der Waals surface area contributed by atoms with Crippen molar-refractivity contribution in [2.24, 2.45) is 11.1 Å². The maximum absolute atomic E-state index is 12.5. The van der Waals surface area contributed by atoms with Gasteiger partial charge < -0.3 is 11.1 Å². The van der Waals surface area contributed by atoms with Gasteiger partial charge in [0.2, 0.25) is 5.91 Å². The van der Waals surface area contributed by atoms with Gasteiger partial charge in [0.15, 0.2) is 0 Å². The number of aryl methyl sites for hydroxylation is 1. The molecule has 0 aliphatic heterocycles. The molecule has 0 atom stereocenters. The van der Waals surface area contributed by atoms with Crippen LogP contribution in [0.2, 0.25) is 0 Å². The van der Waals surface area contributed by atoms with E-state index in [1.807, 2.05) is 6.92 Å². The summed E-state index contributed by atoms with van der Waals surface area (Å²) in [5.74, 6) is 0.147. The van der Waals surface area contributed by atoms with Crippen molar-refractivity contribution in [2.75, 3.05) is 13.1 Å². The van der Waals surface area contributed by atoms with E-state index in [-0.39, 0.29) is 11.3 Å². The predicted octanol–water partition coefficient (Wildman–Crippen LogP) is 2.41. The highest BCUT2D eigenvalue weighted by Crippen LogP contribution is 2.34. The van der Waals surface area contributed by atoms with Crippen LogP contribution in [-0.4, -0.2) is 24.0 Å². The molecule has 0 radical (unpaired) electrons. The molecular weight excluding hydrogens is 270 g/mol. The third kappa shape index (κ3) is 3.79. The van der Waals surface area contributed by atoms with Gasteiger partial charge in [0.05, 0.1) is 16.1 Å². The summed E-state index contributed by atoms with van der Waals surface area (Å²) in [6.45, 7) is 3.13. The molecule has 1 aromatic rings. The zero-order valence-corrected chi connectivity index (χ0v) is 13.1. The minimum atomic E-state index is -0.325. The highest BCUT2D eigenvalue weighted by molar-refractivity contribution is 7.09. The molecule has 1 saturated carbocycles. The maximum atomic E-state index is 12.5. The van der Waals surface area contributed by atoms with Crippen molar-refractivity contribution in [3.05, 3.63) is 16.1 Å². The number of hydrogen-bond acceptors (Lipinski definition) is 4. The Morgan fingerprint density at radius 1 is 1.40 bits per heavy atom. The summed E-state index contributed by atoms with van der Waals surface area (Å²) in [7, 11) is 0. The van der Waals surface area contributed by atoms with Crippen molar-refractivity contribution in [1.29, 1.82) is 0 Å². The van der Waals surface area contributed by atoms with Crippen LogP contribution in [0.4, 0.5) is 0 Å². The molecule has 0 saturated heterocycles. The number of carbonyl (C=O) groups excluding carboxylic acids is 1. The lowest BCUT2D eigenvalue weighted by molar-refractivity contribution is -0.131. The first kappa shape index (κ1) is 15.4. The minimum Gasteiger partial charge on any atom is -0.355 e. The van der Waals surface area contributed by atoms with Crippen LogP contribution in [0.5, 0.6) is 0 Å². The van der Waals surface area contributed by atoms with Crippen molar-refractivity contribution in [3.63, 3.8) is 0 Å². The van der Waals surface area contributed by atoms with Gasteiger partial charge in [-0.3, -0.25) is 4.79 Å². The van der Waals surface area contributed by atoms with Gasteiger partial charge in [-0.1, -0.05) is 25.7 Å². The zero-order chi connectivity index (χ0) is 14.4. The lowest BCUT2D eigenvalue weighted by Crippen LogP contribution is -2.46. The van der Waals surface area contributed by atoms with Crippen LogP contribution < -0.4 is 11.1 Å². The third-order valence-corrected chi connectivity index (χ3v) is 5.09. The molecule has 1 fully saturated rings. The van der Waals surface area contributed by atoms with Gasteiger partial charge in [-0.15, -0.1) is 11.3 Å². The standard InChI is InChI=1S/C15H25N3OS/c1-12-18-13(10-20-12)6-9-17-14(19)15(11-16)7-4-2-3-5-8-15/h10H,2-9,11,16H2,1H3,(H,17,19). The number of aromatic nitrogens is 1. The molecule has 1 aromatic heterocycles. The molecule has 2 rings (SSSR count). The molecule has 0 aromatic carbocycles. The van der Waals surface area contributed by atoms with Crippen molar-refractivity contribution in [2.45, 2.75) is 51.9 Å². The van der Waals surface area contributed by atoms with Gasteiger partial charge in [0.1, 0.15) is 0 Å². The largest absolute Gasteiger partial charge is 0.355 e. The number of hydrogen-bond donors (Lipinski definition) is 2. The Kier molecular flexibility index (Phi) is 5.54. The number of thiazole rings is 1. The number of rotatable bonds is 5. The van der Waals surface area contributed by atoms with Crippen molar-refractivity contribution in [3.8, 4) is 0 Å². The van der Waals surface area contributed by atoms with Gasteiger partial charge in [-0.2, -0.15) is 0 Å². The number of carbonyl (C=O) groups is 1. The Balaban J connectivity index is 1.85. The molecule has 5 heteroatoms. The quantitative estimate of drug-likeness (QED) is 0.820. The molecule has 0 spiro atoms. The lowest BCUT2D eigenvalue weighted by Gasteiger charge is -2.29. The van der Waals surface area contributed by atoms with E-state index in [2.05, 4.69) is 15.7 Å². The SMILES string of the molecule is Cc1nc(CCNC(=O)C2(CN)CCCCCC2)cs1. The molecule has 1 amide bonds. The van der Waals surface area contributed by atoms with Crippen molar-refractivity contribution in [1.82, 2.24) is 10.3 Å². The first-order valence-electron chi connectivity index (χ1n) is 7.56. The van der Waals surface area contributed by atoms with Gasteiger partial charge in [0, 0.05) is 24.9 Å². The normalized spacial score (nSPS) is 18.5. The van der Waals surface area contributed by atoms with E-state index in [0.29, 0.717) is 13.1 Å².